The summed E-state index contributed by atoms with van der Waals surface area (Å²) in [5.41, 5.74) is 3.29. The van der Waals surface area contributed by atoms with E-state index in [4.69, 9.17) is 16.3 Å². The Morgan fingerprint density at radius 2 is 1.89 bits per heavy atom. The van der Waals surface area contributed by atoms with Crippen LogP contribution in [0.15, 0.2) is 42.5 Å². The van der Waals surface area contributed by atoms with Crippen LogP contribution in [0.4, 0.5) is 0 Å². The number of nitrogens with zero attached hydrogens (tertiary/aromatic N) is 1. The van der Waals surface area contributed by atoms with Gasteiger partial charge in [-0.1, -0.05) is 41.9 Å². The summed E-state index contributed by atoms with van der Waals surface area (Å²) in [5, 5.41) is 3.77. The Labute approximate surface area is 166 Å². The van der Waals surface area contributed by atoms with Crippen molar-refractivity contribution in [3.63, 3.8) is 0 Å². The number of carbonyl (C=O) groups excluding carboxylic acids is 1. The fraction of sp³-hybridized carbons (Fsp3) is 0.409. The normalized spacial score (nSPS) is 15.5. The van der Waals surface area contributed by atoms with Crippen LogP contribution in [0.1, 0.15) is 35.6 Å². The second-order valence-electron chi connectivity index (χ2n) is 7.07. The first kappa shape index (κ1) is 19.7. The lowest BCUT2D eigenvalue weighted by molar-refractivity contribution is -0.123. The van der Waals surface area contributed by atoms with Crippen LogP contribution in [0.3, 0.4) is 0 Å². The van der Waals surface area contributed by atoms with E-state index in [1.165, 1.54) is 12.8 Å². The molecule has 0 spiro atoms. The molecular formula is C22H27ClN2O2. The molecule has 1 heterocycles. The molecule has 0 aromatic heterocycles. The summed E-state index contributed by atoms with van der Waals surface area (Å²) in [6.45, 7) is 6.64. The van der Waals surface area contributed by atoms with Crippen LogP contribution in [0.2, 0.25) is 5.02 Å². The molecule has 2 aromatic carbocycles. The third kappa shape index (κ3) is 5.02. The Bertz CT molecular complexity index is 788. The molecule has 0 unspecified atom stereocenters. The first-order chi connectivity index (χ1) is 13.1. The third-order valence-corrected chi connectivity index (χ3v) is 5.60. The van der Waals surface area contributed by atoms with E-state index in [0.29, 0.717) is 6.54 Å². The molecule has 1 N–H and O–H groups in total. The summed E-state index contributed by atoms with van der Waals surface area (Å²) >= 11 is 6.42. The van der Waals surface area contributed by atoms with Gasteiger partial charge in [0, 0.05) is 11.6 Å². The molecular weight excluding hydrogens is 360 g/mol. The van der Waals surface area contributed by atoms with Gasteiger partial charge in [0.1, 0.15) is 5.75 Å². The van der Waals surface area contributed by atoms with Gasteiger partial charge in [0.25, 0.3) is 5.91 Å². The molecule has 2 aromatic rings. The largest absolute Gasteiger partial charge is 0.483 e. The van der Waals surface area contributed by atoms with Crippen molar-refractivity contribution in [2.75, 3.05) is 26.2 Å². The summed E-state index contributed by atoms with van der Waals surface area (Å²) in [6.07, 6.45) is 2.37. The maximum atomic E-state index is 12.4. The van der Waals surface area contributed by atoms with Crippen LogP contribution in [-0.2, 0) is 4.79 Å². The van der Waals surface area contributed by atoms with Gasteiger partial charge in [0.05, 0.1) is 6.04 Å². The summed E-state index contributed by atoms with van der Waals surface area (Å²) in [4.78, 5) is 14.8. The molecule has 0 radical (unpaired) electrons. The maximum Gasteiger partial charge on any atom is 0.258 e. The monoisotopic (exact) mass is 386 g/mol. The maximum absolute atomic E-state index is 12.4. The second kappa shape index (κ2) is 9.25. The zero-order chi connectivity index (χ0) is 19.2. The van der Waals surface area contributed by atoms with Crippen molar-refractivity contribution < 1.29 is 9.53 Å². The molecule has 4 nitrogen and oxygen atoms in total. The van der Waals surface area contributed by atoms with Gasteiger partial charge < -0.3 is 10.1 Å². The van der Waals surface area contributed by atoms with Crippen molar-refractivity contribution >= 4 is 17.5 Å². The van der Waals surface area contributed by atoms with Crippen molar-refractivity contribution in [1.82, 2.24) is 10.2 Å². The van der Waals surface area contributed by atoms with E-state index >= 15 is 0 Å². The second-order valence-corrected chi connectivity index (χ2v) is 7.48. The highest BCUT2D eigenvalue weighted by Gasteiger charge is 2.25. The van der Waals surface area contributed by atoms with Crippen LogP contribution in [0.25, 0.3) is 0 Å². The number of hydrogen-bond donors (Lipinski definition) is 1. The summed E-state index contributed by atoms with van der Waals surface area (Å²) in [6, 6.07) is 13.8. The van der Waals surface area contributed by atoms with Gasteiger partial charge in [0.15, 0.2) is 6.61 Å². The number of carbonyl (C=O) groups is 1. The predicted molar refractivity (Wildman–Crippen MR) is 109 cm³/mol. The molecule has 1 atom stereocenters. The number of amides is 1. The Kier molecular flexibility index (Phi) is 6.75. The van der Waals surface area contributed by atoms with Gasteiger partial charge in [0.2, 0.25) is 0 Å². The van der Waals surface area contributed by atoms with Crippen LogP contribution >= 0.6 is 11.6 Å². The number of benzene rings is 2. The standard InChI is InChI=1S/C22H27ClN2O2/c1-16-8-7-11-21(17(16)2)27-15-22(26)24-14-20(25-12-5-6-13-25)18-9-3-4-10-19(18)23/h3-4,7-11,20H,5-6,12-15H2,1-2H3,(H,24,26)/t20-/m0/s1. The van der Waals surface area contributed by atoms with Crippen molar-refractivity contribution in [1.29, 1.82) is 0 Å². The van der Waals surface area contributed by atoms with E-state index in [1.807, 2.05) is 56.3 Å². The predicted octanol–water partition coefficient (Wildman–Crippen LogP) is 4.29. The molecule has 3 rings (SSSR count). The van der Waals surface area contributed by atoms with Crippen molar-refractivity contribution in [3.05, 3.63) is 64.2 Å². The van der Waals surface area contributed by atoms with Crippen molar-refractivity contribution in [3.8, 4) is 5.75 Å². The Morgan fingerprint density at radius 1 is 1.15 bits per heavy atom. The third-order valence-electron chi connectivity index (χ3n) is 5.25. The van der Waals surface area contributed by atoms with Crippen LogP contribution in [-0.4, -0.2) is 37.0 Å². The highest BCUT2D eigenvalue weighted by Crippen LogP contribution is 2.29. The molecule has 0 aliphatic carbocycles. The SMILES string of the molecule is Cc1cccc(OCC(=O)NC[C@@H](c2ccccc2Cl)N2CCCC2)c1C. The molecule has 0 bridgehead atoms. The minimum Gasteiger partial charge on any atom is -0.483 e. The van der Waals surface area contributed by atoms with E-state index < -0.39 is 0 Å². The van der Waals surface area contributed by atoms with Crippen LogP contribution in [0.5, 0.6) is 5.75 Å². The van der Waals surface area contributed by atoms with Gasteiger partial charge >= 0.3 is 0 Å². The highest BCUT2D eigenvalue weighted by atomic mass is 35.5. The summed E-state index contributed by atoms with van der Waals surface area (Å²) in [7, 11) is 0. The minimum absolute atomic E-state index is 0.0134. The number of likely N-dealkylation sites (tertiary alicyclic amines) is 1. The quantitative estimate of drug-likeness (QED) is 0.771. The Balaban J connectivity index is 1.60. The highest BCUT2D eigenvalue weighted by molar-refractivity contribution is 6.31. The molecule has 0 saturated carbocycles. The average molecular weight is 387 g/mol. The molecule has 1 saturated heterocycles. The number of rotatable bonds is 7. The lowest BCUT2D eigenvalue weighted by Gasteiger charge is -2.29. The lowest BCUT2D eigenvalue weighted by atomic mass is 10.1. The van der Waals surface area contributed by atoms with E-state index in [9.17, 15) is 4.79 Å². The van der Waals surface area contributed by atoms with Gasteiger partial charge in [-0.15, -0.1) is 0 Å². The molecule has 5 heteroatoms. The van der Waals surface area contributed by atoms with E-state index in [-0.39, 0.29) is 18.6 Å². The molecule has 144 valence electrons. The molecule has 1 aliphatic rings. The van der Waals surface area contributed by atoms with E-state index in [1.54, 1.807) is 0 Å². The van der Waals surface area contributed by atoms with Gasteiger partial charge in [-0.25, -0.2) is 0 Å². The van der Waals surface area contributed by atoms with Gasteiger partial charge in [-0.3, -0.25) is 9.69 Å². The fourth-order valence-corrected chi connectivity index (χ4v) is 3.78. The molecule has 1 aliphatic heterocycles. The van der Waals surface area contributed by atoms with Crippen molar-refractivity contribution in [2.45, 2.75) is 32.7 Å². The fourth-order valence-electron chi connectivity index (χ4n) is 3.52. The summed E-state index contributed by atoms with van der Waals surface area (Å²) < 4.78 is 5.71. The Morgan fingerprint density at radius 3 is 2.63 bits per heavy atom. The molecule has 1 amide bonds. The number of aryl methyl sites for hydroxylation is 1. The topological polar surface area (TPSA) is 41.6 Å². The number of halogens is 1. The number of nitrogens with one attached hydrogen (secondary N) is 1. The zero-order valence-electron chi connectivity index (χ0n) is 16.0. The first-order valence-electron chi connectivity index (χ1n) is 9.50. The van der Waals surface area contributed by atoms with Gasteiger partial charge in [-0.05, 0) is 68.6 Å². The minimum atomic E-state index is -0.118. The number of hydrogen-bond acceptors (Lipinski definition) is 3. The van der Waals surface area contributed by atoms with E-state index in [2.05, 4.69) is 10.2 Å². The number of ether oxygens (including phenoxy) is 1. The lowest BCUT2D eigenvalue weighted by Crippen LogP contribution is -2.38. The van der Waals surface area contributed by atoms with Crippen LogP contribution < -0.4 is 10.1 Å². The average Bonchev–Trinajstić information content (AvgIpc) is 3.19. The molecule has 27 heavy (non-hydrogen) atoms. The summed E-state index contributed by atoms with van der Waals surface area (Å²) in [5.74, 6) is 0.638. The van der Waals surface area contributed by atoms with Crippen molar-refractivity contribution in [2.24, 2.45) is 0 Å². The smallest absolute Gasteiger partial charge is 0.258 e. The first-order valence-corrected chi connectivity index (χ1v) is 9.88. The molecule has 1 fully saturated rings. The van der Waals surface area contributed by atoms with E-state index in [0.717, 1.165) is 40.6 Å². The van der Waals surface area contributed by atoms with Crippen LogP contribution in [0, 0.1) is 13.8 Å². The van der Waals surface area contributed by atoms with Gasteiger partial charge in [-0.2, -0.15) is 0 Å². The zero-order valence-corrected chi connectivity index (χ0v) is 16.8. The Hall–Kier alpha value is -2.04.